The number of nitrogens with one attached hydrogen (secondary N) is 2. The van der Waals surface area contributed by atoms with Gasteiger partial charge >= 0.3 is 5.69 Å². The van der Waals surface area contributed by atoms with E-state index in [2.05, 4.69) is 15.6 Å². The lowest BCUT2D eigenvalue weighted by molar-refractivity contribution is -0.384. The molecule has 0 saturated heterocycles. The predicted molar refractivity (Wildman–Crippen MR) is 72.0 cm³/mol. The number of pyridine rings is 1. The van der Waals surface area contributed by atoms with E-state index in [0.717, 1.165) is 0 Å². The van der Waals surface area contributed by atoms with E-state index in [4.69, 9.17) is 0 Å². The third-order valence-corrected chi connectivity index (χ3v) is 2.14. The zero-order valence-electron chi connectivity index (χ0n) is 11.5. The first kappa shape index (κ1) is 14.9. The number of hydrogen-bond donors (Lipinski definition) is 2. The third-order valence-electron chi connectivity index (χ3n) is 2.14. The minimum atomic E-state index is -0.531. The summed E-state index contributed by atoms with van der Waals surface area (Å²) in [6.07, 6.45) is 0. The van der Waals surface area contributed by atoms with E-state index in [-0.39, 0.29) is 29.5 Å². The van der Waals surface area contributed by atoms with Crippen LogP contribution in [-0.2, 0) is 4.79 Å². The van der Waals surface area contributed by atoms with Crippen molar-refractivity contribution in [2.24, 2.45) is 0 Å². The molecule has 0 radical (unpaired) electrons. The van der Waals surface area contributed by atoms with Crippen molar-refractivity contribution in [3.63, 3.8) is 0 Å². The molecule has 1 aromatic heterocycles. The van der Waals surface area contributed by atoms with Gasteiger partial charge in [0.15, 0.2) is 0 Å². The summed E-state index contributed by atoms with van der Waals surface area (Å²) in [5.41, 5.74) is 0.156. The van der Waals surface area contributed by atoms with Crippen molar-refractivity contribution in [1.82, 2.24) is 10.3 Å². The van der Waals surface area contributed by atoms with Crippen LogP contribution in [0.2, 0.25) is 0 Å². The third kappa shape index (κ3) is 4.90. The maximum absolute atomic E-state index is 11.6. The number of nitrogens with zero attached hydrogens (tertiary/aromatic N) is 2. The summed E-state index contributed by atoms with van der Waals surface area (Å²) in [5, 5.41) is 16.3. The number of hydrogen-bond acceptors (Lipinski definition) is 5. The molecule has 0 aliphatic rings. The van der Waals surface area contributed by atoms with Crippen molar-refractivity contribution in [1.29, 1.82) is 0 Å². The van der Waals surface area contributed by atoms with Gasteiger partial charge in [0.1, 0.15) is 0 Å². The Kier molecular flexibility index (Phi) is 4.42. The van der Waals surface area contributed by atoms with Crippen molar-refractivity contribution < 1.29 is 9.72 Å². The number of anilines is 1. The van der Waals surface area contributed by atoms with Crippen LogP contribution in [0.3, 0.4) is 0 Å². The highest BCUT2D eigenvalue weighted by Crippen LogP contribution is 2.21. The summed E-state index contributed by atoms with van der Waals surface area (Å²) in [6.45, 7) is 7.24. The SMILES string of the molecule is Cc1ccc([N+](=O)[O-])c(NCC(=O)NC(C)(C)C)n1. The molecule has 0 unspecified atom stereocenters. The molecule has 1 heterocycles. The lowest BCUT2D eigenvalue weighted by atomic mass is 10.1. The monoisotopic (exact) mass is 266 g/mol. The number of rotatable bonds is 4. The standard InChI is InChI=1S/C12H18N4O3/c1-8-5-6-9(16(18)19)11(14-8)13-7-10(17)15-12(2,3)4/h5-6H,7H2,1-4H3,(H,13,14)(H,15,17). The Hall–Kier alpha value is -2.18. The first-order valence-corrected chi connectivity index (χ1v) is 5.86. The van der Waals surface area contributed by atoms with Crippen LogP contribution >= 0.6 is 0 Å². The van der Waals surface area contributed by atoms with Gasteiger partial charge in [0.2, 0.25) is 11.7 Å². The summed E-state index contributed by atoms with van der Waals surface area (Å²) in [7, 11) is 0. The molecule has 1 rings (SSSR count). The average molecular weight is 266 g/mol. The Labute approximate surface area is 111 Å². The van der Waals surface area contributed by atoms with E-state index < -0.39 is 4.92 Å². The molecule has 1 aromatic rings. The Morgan fingerprint density at radius 2 is 2.05 bits per heavy atom. The molecule has 1 amide bonds. The molecular weight excluding hydrogens is 248 g/mol. The Bertz CT molecular complexity index is 494. The van der Waals surface area contributed by atoms with E-state index in [1.165, 1.54) is 6.07 Å². The van der Waals surface area contributed by atoms with E-state index in [1.807, 2.05) is 20.8 Å². The number of nitro groups is 1. The quantitative estimate of drug-likeness (QED) is 0.637. The highest BCUT2D eigenvalue weighted by atomic mass is 16.6. The second kappa shape index (κ2) is 5.64. The molecule has 0 aliphatic heterocycles. The van der Waals surface area contributed by atoms with Crippen LogP contribution in [-0.4, -0.2) is 27.9 Å². The molecule has 19 heavy (non-hydrogen) atoms. The van der Waals surface area contributed by atoms with Crippen LogP contribution in [0.15, 0.2) is 12.1 Å². The highest BCUT2D eigenvalue weighted by Gasteiger charge is 2.17. The second-order valence-corrected chi connectivity index (χ2v) is 5.23. The molecule has 7 heteroatoms. The molecule has 0 atom stereocenters. The zero-order chi connectivity index (χ0) is 14.6. The van der Waals surface area contributed by atoms with Crippen molar-refractivity contribution in [3.8, 4) is 0 Å². The maximum Gasteiger partial charge on any atom is 0.311 e. The number of carbonyl (C=O) groups is 1. The molecule has 0 aliphatic carbocycles. The van der Waals surface area contributed by atoms with Crippen LogP contribution in [0.4, 0.5) is 11.5 Å². The number of amides is 1. The molecule has 7 nitrogen and oxygen atoms in total. The molecule has 2 N–H and O–H groups in total. The lowest BCUT2D eigenvalue weighted by Crippen LogP contribution is -2.43. The molecule has 0 saturated carbocycles. The molecular formula is C12H18N4O3. The molecule has 0 aromatic carbocycles. The number of aromatic nitrogens is 1. The highest BCUT2D eigenvalue weighted by molar-refractivity contribution is 5.81. The Morgan fingerprint density at radius 1 is 1.42 bits per heavy atom. The van der Waals surface area contributed by atoms with Gasteiger partial charge in [0.05, 0.1) is 11.5 Å². The fourth-order valence-corrected chi connectivity index (χ4v) is 1.45. The summed E-state index contributed by atoms with van der Waals surface area (Å²) in [5.74, 6) is -0.140. The van der Waals surface area contributed by atoms with Gasteiger partial charge in [-0.2, -0.15) is 0 Å². The van der Waals surface area contributed by atoms with Gasteiger partial charge in [-0.3, -0.25) is 14.9 Å². The molecule has 0 fully saturated rings. The molecule has 104 valence electrons. The van der Waals surface area contributed by atoms with E-state index in [9.17, 15) is 14.9 Å². The van der Waals surface area contributed by atoms with Crippen molar-refractivity contribution in [3.05, 3.63) is 27.9 Å². The van der Waals surface area contributed by atoms with Gasteiger partial charge in [-0.1, -0.05) is 0 Å². The smallest absolute Gasteiger partial charge is 0.311 e. The summed E-state index contributed by atoms with van der Waals surface area (Å²) < 4.78 is 0. The van der Waals surface area contributed by atoms with Crippen LogP contribution in [0, 0.1) is 17.0 Å². The first-order valence-electron chi connectivity index (χ1n) is 5.86. The fourth-order valence-electron chi connectivity index (χ4n) is 1.45. The van der Waals surface area contributed by atoms with Crippen LogP contribution < -0.4 is 10.6 Å². The predicted octanol–water partition coefficient (Wildman–Crippen LogP) is 1.62. The first-order chi connectivity index (χ1) is 8.69. The van der Waals surface area contributed by atoms with Gasteiger partial charge in [0.25, 0.3) is 0 Å². The topological polar surface area (TPSA) is 97.2 Å². The zero-order valence-corrected chi connectivity index (χ0v) is 11.5. The van der Waals surface area contributed by atoms with Gasteiger partial charge in [0, 0.05) is 17.3 Å². The fraction of sp³-hybridized carbons (Fsp3) is 0.500. The van der Waals surface area contributed by atoms with Crippen molar-refractivity contribution >= 4 is 17.4 Å². The largest absolute Gasteiger partial charge is 0.355 e. The normalized spacial score (nSPS) is 10.9. The van der Waals surface area contributed by atoms with E-state index in [0.29, 0.717) is 5.69 Å². The van der Waals surface area contributed by atoms with E-state index in [1.54, 1.807) is 13.0 Å². The number of carbonyl (C=O) groups excluding carboxylic acids is 1. The van der Waals surface area contributed by atoms with Gasteiger partial charge in [-0.25, -0.2) is 4.98 Å². The summed E-state index contributed by atoms with van der Waals surface area (Å²) in [6, 6.07) is 2.92. The van der Waals surface area contributed by atoms with Gasteiger partial charge in [-0.05, 0) is 33.8 Å². The Morgan fingerprint density at radius 3 is 2.58 bits per heavy atom. The lowest BCUT2D eigenvalue weighted by Gasteiger charge is -2.20. The Balaban J connectivity index is 2.75. The minimum Gasteiger partial charge on any atom is -0.355 e. The van der Waals surface area contributed by atoms with Gasteiger partial charge in [-0.15, -0.1) is 0 Å². The minimum absolute atomic E-state index is 0.0609. The van der Waals surface area contributed by atoms with Crippen LogP contribution in [0.25, 0.3) is 0 Å². The van der Waals surface area contributed by atoms with Crippen LogP contribution in [0.5, 0.6) is 0 Å². The molecule has 0 spiro atoms. The average Bonchev–Trinajstić information content (AvgIpc) is 2.23. The summed E-state index contributed by atoms with van der Waals surface area (Å²) >= 11 is 0. The van der Waals surface area contributed by atoms with E-state index >= 15 is 0 Å². The van der Waals surface area contributed by atoms with Crippen molar-refractivity contribution in [2.45, 2.75) is 33.2 Å². The molecule has 0 bridgehead atoms. The second-order valence-electron chi connectivity index (χ2n) is 5.23. The van der Waals surface area contributed by atoms with Gasteiger partial charge < -0.3 is 10.6 Å². The van der Waals surface area contributed by atoms with Crippen LogP contribution in [0.1, 0.15) is 26.5 Å². The van der Waals surface area contributed by atoms with Crippen molar-refractivity contribution in [2.75, 3.05) is 11.9 Å². The maximum atomic E-state index is 11.6. The summed E-state index contributed by atoms with van der Waals surface area (Å²) in [4.78, 5) is 26.0. The number of aryl methyl sites for hydroxylation is 1.